The Morgan fingerprint density at radius 3 is 1.40 bits per heavy atom. The van der Waals surface area contributed by atoms with E-state index in [-0.39, 0.29) is 35.1 Å². The maximum Gasteiger partial charge on any atom is 0.261 e. The molecule has 258 valence electrons. The van der Waals surface area contributed by atoms with E-state index in [9.17, 15) is 0 Å². The molecule has 0 aliphatic rings. The first-order valence-electron chi connectivity index (χ1n) is 17.7. The van der Waals surface area contributed by atoms with Gasteiger partial charge in [0.2, 0.25) is 0 Å². The van der Waals surface area contributed by atoms with E-state index >= 15 is 0 Å². The van der Waals surface area contributed by atoms with E-state index < -0.39 is 15.6 Å². The van der Waals surface area contributed by atoms with Crippen LogP contribution in [-0.4, -0.2) is 20.6 Å². The van der Waals surface area contributed by atoms with Gasteiger partial charge in [0, 0.05) is 6.42 Å². The second kappa shape index (κ2) is 19.3. The molecule has 50 heavy (non-hydrogen) atoms. The van der Waals surface area contributed by atoms with Crippen molar-refractivity contribution in [2.75, 3.05) is 6.16 Å². The van der Waals surface area contributed by atoms with E-state index in [0.717, 1.165) is 25.4 Å². The van der Waals surface area contributed by atoms with Crippen molar-refractivity contribution in [2.24, 2.45) is 0 Å². The Morgan fingerprint density at radius 1 is 0.580 bits per heavy atom. The Kier molecular flexibility index (Phi) is 15.2. The summed E-state index contributed by atoms with van der Waals surface area (Å²) in [6.45, 7) is 9.25. The molecule has 0 amide bonds. The lowest BCUT2D eigenvalue weighted by molar-refractivity contribution is -0.0000107. The summed E-state index contributed by atoms with van der Waals surface area (Å²) in [6.07, 6.45) is 17.5. The van der Waals surface area contributed by atoms with Crippen molar-refractivity contribution in [2.45, 2.75) is 58.1 Å². The van der Waals surface area contributed by atoms with Crippen LogP contribution in [0.2, 0.25) is 5.04 Å². The van der Waals surface area contributed by atoms with E-state index in [2.05, 4.69) is 216 Å². The van der Waals surface area contributed by atoms with E-state index in [0.29, 0.717) is 0 Å². The molecule has 0 spiro atoms. The average molecular weight is 807 g/mol. The highest BCUT2D eigenvalue weighted by Crippen LogP contribution is 2.55. The Hall–Kier alpha value is -3.34. The summed E-state index contributed by atoms with van der Waals surface area (Å²) in [4.78, 5) is 0. The third kappa shape index (κ3) is 9.30. The summed E-state index contributed by atoms with van der Waals surface area (Å²) in [5.41, 5.74) is 0. The predicted octanol–water partition coefficient (Wildman–Crippen LogP) is 6.79. The summed E-state index contributed by atoms with van der Waals surface area (Å²) in [5.74, 6) is 0. The lowest BCUT2D eigenvalue weighted by Crippen LogP contribution is -3.00. The lowest BCUT2D eigenvalue weighted by Gasteiger charge is -2.44. The zero-order chi connectivity index (χ0) is 34.4. The van der Waals surface area contributed by atoms with Crippen molar-refractivity contribution in [3.63, 3.8) is 0 Å². The van der Waals surface area contributed by atoms with Crippen LogP contribution in [0.5, 0.6) is 0 Å². The predicted molar refractivity (Wildman–Crippen MR) is 219 cm³/mol. The number of hydrogen-bond acceptors (Lipinski definition) is 1. The molecule has 0 unspecified atom stereocenters. The smallest absolute Gasteiger partial charge is 0.261 e. The van der Waals surface area contributed by atoms with Crippen molar-refractivity contribution in [1.29, 1.82) is 0 Å². The minimum Gasteiger partial charge on any atom is -1.00 e. The van der Waals surface area contributed by atoms with Crippen molar-refractivity contribution >= 4 is 41.9 Å². The van der Waals surface area contributed by atoms with Gasteiger partial charge >= 0.3 is 0 Å². The van der Waals surface area contributed by atoms with Gasteiger partial charge in [-0.05, 0) is 64.7 Å². The van der Waals surface area contributed by atoms with Crippen molar-refractivity contribution in [3.05, 3.63) is 188 Å². The van der Waals surface area contributed by atoms with E-state index in [1.165, 1.54) is 26.3 Å². The molecule has 5 rings (SSSR count). The standard InChI is InChI=1S/C46H52OPSi.HI/c1-5-40(47-49(46(2,3)4,44-35-23-14-24-36-44)45-37-25-15-26-38-45)28-16-9-7-6-8-10-27-39-48(41-29-17-11-18-30-41,42-31-19-12-20-32-42)43-33-21-13-22-34-43;/h7-26,28-38,40H,5-6,27,39H2,1-4H3;1H/q+1;/p-1/b9-7-,10-8-,28-16+;/t40-;/m1./s1. The SMILES string of the molecule is CC[C@H](/C=C/C=C\C/C=C\CC[P+](c1ccccc1)(c1ccccc1)c1ccccc1)O[Si](c1ccccc1)(c1ccccc1)C(C)(C)C.[I-]. The maximum atomic E-state index is 7.33. The third-order valence-corrected chi connectivity index (χ3v) is 18.9. The second-order valence-electron chi connectivity index (χ2n) is 13.6. The van der Waals surface area contributed by atoms with Crippen LogP contribution in [0.3, 0.4) is 0 Å². The molecule has 5 aromatic carbocycles. The van der Waals surface area contributed by atoms with E-state index in [1.54, 1.807) is 0 Å². The van der Waals surface area contributed by atoms with Crippen LogP contribution in [0.15, 0.2) is 188 Å². The van der Waals surface area contributed by atoms with Crippen LogP contribution in [0.4, 0.5) is 0 Å². The van der Waals surface area contributed by atoms with Crippen LogP contribution in [0.25, 0.3) is 0 Å². The molecule has 0 N–H and O–H groups in total. The van der Waals surface area contributed by atoms with Gasteiger partial charge in [-0.15, -0.1) is 0 Å². The molecule has 0 radical (unpaired) electrons. The Bertz CT molecular complexity index is 1630. The lowest BCUT2D eigenvalue weighted by atomic mass is 10.2. The highest BCUT2D eigenvalue weighted by atomic mass is 127. The molecule has 0 aliphatic heterocycles. The van der Waals surface area contributed by atoms with Crippen LogP contribution >= 0.6 is 7.26 Å². The summed E-state index contributed by atoms with van der Waals surface area (Å²) in [6, 6.07) is 55.3. The maximum absolute atomic E-state index is 7.33. The highest BCUT2D eigenvalue weighted by molar-refractivity contribution is 7.95. The molecular weight excluding hydrogens is 754 g/mol. The fourth-order valence-electron chi connectivity index (χ4n) is 6.97. The van der Waals surface area contributed by atoms with Gasteiger partial charge in [-0.3, -0.25) is 0 Å². The van der Waals surface area contributed by atoms with Gasteiger partial charge < -0.3 is 28.4 Å². The fourth-order valence-corrected chi connectivity index (χ4v) is 15.9. The van der Waals surface area contributed by atoms with E-state index in [1.807, 2.05) is 0 Å². The zero-order valence-electron chi connectivity index (χ0n) is 30.0. The van der Waals surface area contributed by atoms with Gasteiger partial charge in [-0.1, -0.05) is 179 Å². The van der Waals surface area contributed by atoms with Crippen LogP contribution in [-0.2, 0) is 4.43 Å². The number of hydrogen-bond donors (Lipinski definition) is 0. The number of allylic oxidation sites excluding steroid dienone is 5. The number of rotatable bonds is 15. The molecule has 0 saturated carbocycles. The fraction of sp³-hybridized carbons (Fsp3) is 0.217. The van der Waals surface area contributed by atoms with Crippen LogP contribution in [0, 0.1) is 0 Å². The zero-order valence-corrected chi connectivity index (χ0v) is 34.1. The summed E-state index contributed by atoms with van der Waals surface area (Å²) in [7, 11) is -4.40. The Balaban J connectivity index is 0.00000562. The molecular formula is C46H52IOPSi. The molecule has 0 heterocycles. The molecule has 4 heteroatoms. The summed E-state index contributed by atoms with van der Waals surface area (Å²) >= 11 is 0. The molecule has 0 aliphatic carbocycles. The normalized spacial score (nSPS) is 13.1. The first-order valence-corrected chi connectivity index (χ1v) is 21.6. The highest BCUT2D eigenvalue weighted by Gasteiger charge is 2.51. The average Bonchev–Trinajstić information content (AvgIpc) is 3.15. The molecule has 5 aromatic rings. The Morgan fingerprint density at radius 2 is 1.00 bits per heavy atom. The van der Waals surface area contributed by atoms with Crippen LogP contribution < -0.4 is 50.3 Å². The molecule has 1 nitrogen and oxygen atoms in total. The van der Waals surface area contributed by atoms with Gasteiger partial charge in [0.05, 0.1) is 12.3 Å². The van der Waals surface area contributed by atoms with Crippen molar-refractivity contribution in [1.82, 2.24) is 0 Å². The third-order valence-electron chi connectivity index (χ3n) is 9.38. The second-order valence-corrected chi connectivity index (χ2v) is 21.4. The van der Waals surface area contributed by atoms with Gasteiger partial charge in [-0.2, -0.15) is 0 Å². The van der Waals surface area contributed by atoms with E-state index in [4.69, 9.17) is 4.43 Å². The first-order chi connectivity index (χ1) is 23.9. The van der Waals surface area contributed by atoms with Gasteiger partial charge in [0.15, 0.2) is 0 Å². The minimum atomic E-state index is -2.60. The molecule has 0 saturated heterocycles. The molecule has 0 fully saturated rings. The molecule has 0 aromatic heterocycles. The first kappa shape index (κ1) is 39.4. The Labute approximate surface area is 320 Å². The van der Waals surface area contributed by atoms with Crippen LogP contribution in [0.1, 0.15) is 47.0 Å². The van der Waals surface area contributed by atoms with Gasteiger partial charge in [-0.25, -0.2) is 0 Å². The van der Waals surface area contributed by atoms with Gasteiger partial charge in [0.1, 0.15) is 23.2 Å². The topological polar surface area (TPSA) is 9.23 Å². The van der Waals surface area contributed by atoms with Crippen molar-refractivity contribution in [3.8, 4) is 0 Å². The summed E-state index contributed by atoms with van der Waals surface area (Å²) < 4.78 is 7.33. The van der Waals surface area contributed by atoms with Crippen molar-refractivity contribution < 1.29 is 28.4 Å². The quantitative estimate of drug-likeness (QED) is 0.0373. The van der Waals surface area contributed by atoms with Gasteiger partial charge in [0.25, 0.3) is 8.32 Å². The monoisotopic (exact) mass is 806 g/mol. The minimum absolute atomic E-state index is 0. The largest absolute Gasteiger partial charge is 1.00 e. The molecule has 1 atom stereocenters. The number of benzene rings is 5. The number of halogens is 1. The molecule has 0 bridgehead atoms. The summed E-state index contributed by atoms with van der Waals surface area (Å²) in [5, 5.41) is 6.92.